The number of unbranched alkanes of at least 4 members (excludes halogenated alkanes) is 2. The van der Waals surface area contributed by atoms with Crippen LogP contribution in [-0.2, 0) is 4.74 Å². The van der Waals surface area contributed by atoms with Gasteiger partial charge in [-0.05, 0) is 42.5 Å². The molecule has 192 valence electrons. The smallest absolute Gasteiger partial charge is 0.297 e. The number of carbonyl (C=O) groups is 1. The predicted octanol–water partition coefficient (Wildman–Crippen LogP) is 5.36. The van der Waals surface area contributed by atoms with Gasteiger partial charge in [0.25, 0.3) is 12.0 Å². The first-order valence-corrected chi connectivity index (χ1v) is 13.3. The number of amidine groups is 2. The van der Waals surface area contributed by atoms with Gasteiger partial charge in [-0.3, -0.25) is 15.1 Å². The third-order valence-corrected chi connectivity index (χ3v) is 6.67. The summed E-state index contributed by atoms with van der Waals surface area (Å²) in [6.07, 6.45) is 6.99. The van der Waals surface area contributed by atoms with E-state index in [1.165, 1.54) is 11.3 Å². The summed E-state index contributed by atoms with van der Waals surface area (Å²) in [5, 5.41) is 14.9. The fourth-order valence-corrected chi connectivity index (χ4v) is 4.52. The Morgan fingerprint density at radius 1 is 1.19 bits per heavy atom. The number of hydrogen-bond acceptors (Lipinski definition) is 7. The average Bonchev–Trinajstić information content (AvgIpc) is 3.59. The average molecular weight is 518 g/mol. The maximum atomic E-state index is 13.0. The minimum atomic E-state index is -0.0991. The Morgan fingerprint density at radius 3 is 2.78 bits per heavy atom. The number of aromatic nitrogens is 3. The number of anilines is 1. The number of nitrogens with one attached hydrogen (secondary N) is 1. The molecular weight excluding hydrogens is 486 g/mol. The second-order valence-corrected chi connectivity index (χ2v) is 9.41. The van der Waals surface area contributed by atoms with E-state index in [-0.39, 0.29) is 17.8 Å². The van der Waals surface area contributed by atoms with E-state index in [0.29, 0.717) is 29.2 Å². The van der Waals surface area contributed by atoms with E-state index in [1.807, 2.05) is 41.8 Å². The van der Waals surface area contributed by atoms with Crippen LogP contribution in [-0.4, -0.2) is 45.5 Å². The molecule has 0 atom stereocenters. The summed E-state index contributed by atoms with van der Waals surface area (Å²) >= 11 is 1.39. The fraction of sp³-hybridized carbons (Fsp3) is 0.296. The van der Waals surface area contributed by atoms with Crippen LogP contribution in [0.3, 0.4) is 0 Å². The van der Waals surface area contributed by atoms with Crippen molar-refractivity contribution >= 4 is 40.5 Å². The molecule has 0 fully saturated rings. The standard InChI is InChI=1S/C27H31N7O2S/c1-3-5-13-31-26(28)36-27(29)33(15-6-4-2)20-10-7-9-19(17-20)22-12-14-30-25-21(18-32-34(22)25)24(35)23-11-8-16-37-23/h7-12,14,16-18,29H,3-6,13,15H2,1-2H3,(H2,28,31). The minimum Gasteiger partial charge on any atom is -0.392 e. The van der Waals surface area contributed by atoms with E-state index in [1.54, 1.807) is 27.9 Å². The Hall–Kier alpha value is -4.05. The van der Waals surface area contributed by atoms with Crippen molar-refractivity contribution < 1.29 is 9.53 Å². The van der Waals surface area contributed by atoms with Crippen LogP contribution in [0.5, 0.6) is 0 Å². The number of benzene rings is 1. The number of thiophene rings is 1. The predicted molar refractivity (Wildman–Crippen MR) is 149 cm³/mol. The van der Waals surface area contributed by atoms with E-state index in [9.17, 15) is 4.79 Å². The van der Waals surface area contributed by atoms with Gasteiger partial charge in [-0.25, -0.2) is 14.5 Å². The maximum absolute atomic E-state index is 13.0. The van der Waals surface area contributed by atoms with Gasteiger partial charge in [0.2, 0.25) is 5.78 Å². The second-order valence-electron chi connectivity index (χ2n) is 8.47. The van der Waals surface area contributed by atoms with Crippen molar-refractivity contribution in [3.05, 3.63) is 70.7 Å². The molecule has 0 amide bonds. The van der Waals surface area contributed by atoms with Crippen molar-refractivity contribution in [2.75, 3.05) is 18.0 Å². The minimum absolute atomic E-state index is 0.00794. The number of rotatable bonds is 10. The molecule has 4 rings (SSSR count). The van der Waals surface area contributed by atoms with Crippen LogP contribution >= 0.6 is 11.3 Å². The molecule has 4 aromatic rings. The van der Waals surface area contributed by atoms with Crippen LogP contribution in [0.1, 0.15) is 54.8 Å². The molecule has 0 aliphatic carbocycles. The van der Waals surface area contributed by atoms with E-state index in [2.05, 4.69) is 28.9 Å². The van der Waals surface area contributed by atoms with E-state index in [0.717, 1.165) is 42.6 Å². The molecule has 1 aromatic carbocycles. The van der Waals surface area contributed by atoms with Crippen molar-refractivity contribution in [2.45, 2.75) is 39.5 Å². The van der Waals surface area contributed by atoms with Gasteiger partial charge in [-0.15, -0.1) is 11.3 Å². The molecule has 0 spiro atoms. The summed E-state index contributed by atoms with van der Waals surface area (Å²) in [5.41, 5.74) is 9.30. The number of nitrogens with two attached hydrogens (primary N) is 1. The van der Waals surface area contributed by atoms with E-state index in [4.69, 9.17) is 15.9 Å². The lowest BCUT2D eigenvalue weighted by Crippen LogP contribution is -2.36. The molecule has 3 aromatic heterocycles. The highest BCUT2D eigenvalue weighted by atomic mass is 32.1. The van der Waals surface area contributed by atoms with Gasteiger partial charge < -0.3 is 10.5 Å². The number of aliphatic imine (C=N–C) groups is 1. The molecule has 0 saturated heterocycles. The first-order valence-electron chi connectivity index (χ1n) is 12.4. The van der Waals surface area contributed by atoms with Gasteiger partial charge in [0.1, 0.15) is 0 Å². The molecule has 3 N–H and O–H groups in total. The normalized spacial score (nSPS) is 11.6. The molecule has 10 heteroatoms. The molecule has 3 heterocycles. The van der Waals surface area contributed by atoms with Crippen molar-refractivity contribution in [1.82, 2.24) is 14.6 Å². The van der Waals surface area contributed by atoms with Crippen molar-refractivity contribution in [2.24, 2.45) is 10.7 Å². The highest BCUT2D eigenvalue weighted by Gasteiger charge is 2.20. The number of hydrogen-bond donors (Lipinski definition) is 2. The maximum Gasteiger partial charge on any atom is 0.297 e. The second kappa shape index (κ2) is 12.3. The largest absolute Gasteiger partial charge is 0.392 e. The Labute approximate surface area is 220 Å². The van der Waals surface area contributed by atoms with Crippen molar-refractivity contribution in [3.8, 4) is 11.3 Å². The third-order valence-electron chi connectivity index (χ3n) is 5.81. The molecular formula is C27H31N7O2S. The lowest BCUT2D eigenvalue weighted by atomic mass is 10.1. The van der Waals surface area contributed by atoms with Gasteiger partial charge in [-0.1, -0.05) is 44.9 Å². The monoisotopic (exact) mass is 517 g/mol. The van der Waals surface area contributed by atoms with Crippen molar-refractivity contribution in [1.29, 1.82) is 5.41 Å². The summed E-state index contributed by atoms with van der Waals surface area (Å²) in [4.78, 5) is 24.0. The highest BCUT2D eigenvalue weighted by molar-refractivity contribution is 7.12. The summed E-state index contributed by atoms with van der Waals surface area (Å²) in [5.74, 6) is -0.0991. The number of nitrogens with zero attached hydrogens (tertiary/aromatic N) is 5. The third kappa shape index (κ3) is 6.03. The van der Waals surface area contributed by atoms with Crippen LogP contribution in [0.2, 0.25) is 0 Å². The van der Waals surface area contributed by atoms with Gasteiger partial charge in [0.15, 0.2) is 5.65 Å². The van der Waals surface area contributed by atoms with Gasteiger partial charge in [0, 0.05) is 30.5 Å². The summed E-state index contributed by atoms with van der Waals surface area (Å²) < 4.78 is 7.24. The first kappa shape index (κ1) is 26.0. The fourth-order valence-electron chi connectivity index (χ4n) is 3.84. The Balaban J connectivity index is 1.65. The quantitative estimate of drug-likeness (QED) is 0.126. The Kier molecular flexibility index (Phi) is 8.63. The van der Waals surface area contributed by atoms with Gasteiger partial charge >= 0.3 is 0 Å². The lowest BCUT2D eigenvalue weighted by molar-refractivity contribution is 0.104. The first-order chi connectivity index (χ1) is 18.0. The highest BCUT2D eigenvalue weighted by Crippen LogP contribution is 2.27. The summed E-state index contributed by atoms with van der Waals surface area (Å²) in [6.45, 7) is 5.34. The molecule has 0 radical (unpaired) electrons. The molecule has 9 nitrogen and oxygen atoms in total. The van der Waals surface area contributed by atoms with Crippen LogP contribution in [0.15, 0.2) is 65.2 Å². The molecule has 0 aliphatic rings. The van der Waals surface area contributed by atoms with Gasteiger partial charge in [-0.2, -0.15) is 5.10 Å². The lowest BCUT2D eigenvalue weighted by Gasteiger charge is -2.24. The van der Waals surface area contributed by atoms with Gasteiger partial charge in [0.05, 0.1) is 22.3 Å². The summed E-state index contributed by atoms with van der Waals surface area (Å²) in [7, 11) is 0. The van der Waals surface area contributed by atoms with E-state index < -0.39 is 0 Å². The molecule has 0 aliphatic heterocycles. The number of carbonyl (C=O) groups excluding carboxylic acids is 1. The zero-order valence-electron chi connectivity index (χ0n) is 21.1. The summed E-state index contributed by atoms with van der Waals surface area (Å²) in [6, 6.07) is 13.2. The van der Waals surface area contributed by atoms with Crippen LogP contribution in [0.25, 0.3) is 16.9 Å². The molecule has 0 saturated carbocycles. The van der Waals surface area contributed by atoms with Crippen LogP contribution < -0.4 is 10.6 Å². The zero-order valence-corrected chi connectivity index (χ0v) is 21.9. The van der Waals surface area contributed by atoms with Crippen molar-refractivity contribution in [3.63, 3.8) is 0 Å². The number of ether oxygens (including phenoxy) is 1. The van der Waals surface area contributed by atoms with Crippen LogP contribution in [0.4, 0.5) is 5.69 Å². The SMILES string of the molecule is CCCCN=C(N)OC(=N)N(CCCC)c1cccc(-c2ccnc3c(C(=O)c4cccs4)cnn23)c1. The Bertz CT molecular complexity index is 1400. The van der Waals surface area contributed by atoms with Crippen LogP contribution in [0, 0.1) is 5.41 Å². The molecule has 0 unspecified atom stereocenters. The number of fused-ring (bicyclic) bond motifs is 1. The topological polar surface area (TPSA) is 122 Å². The Morgan fingerprint density at radius 2 is 2.03 bits per heavy atom. The van der Waals surface area contributed by atoms with E-state index >= 15 is 0 Å². The number of ketones is 1. The molecule has 37 heavy (non-hydrogen) atoms. The molecule has 0 bridgehead atoms. The zero-order chi connectivity index (χ0) is 26.2.